The van der Waals surface area contributed by atoms with Crippen LogP contribution in [0.3, 0.4) is 0 Å². The van der Waals surface area contributed by atoms with Gasteiger partial charge in [-0.15, -0.1) is 0 Å². The molecule has 0 radical (unpaired) electrons. The molecule has 1 heterocycles. The fourth-order valence-corrected chi connectivity index (χ4v) is 2.68. The molecule has 7 heteroatoms. The monoisotopic (exact) mass is 335 g/mol. The normalized spacial score (nSPS) is 23.1. The Morgan fingerprint density at radius 1 is 1.29 bits per heavy atom. The van der Waals surface area contributed by atoms with Gasteiger partial charge >= 0.3 is 7.12 Å². The number of ether oxygens (including phenoxy) is 1. The standard InChI is InChI=1S/C17H23BFNO4/c1-16(2)17(3,4)24-18(23-16)12-9-11(7-8-13(12)19)22-14(15(20)21)10-5-6-10/h7-10,14H,5-6H2,1-4H3,(H2,20,21). The highest BCUT2D eigenvalue weighted by molar-refractivity contribution is 6.62. The van der Waals surface area contributed by atoms with E-state index in [2.05, 4.69) is 0 Å². The predicted molar refractivity (Wildman–Crippen MR) is 88.5 cm³/mol. The first-order valence-electron chi connectivity index (χ1n) is 8.22. The third-order valence-electron chi connectivity index (χ3n) is 5.07. The molecule has 2 N–H and O–H groups in total. The highest BCUT2D eigenvalue weighted by Crippen LogP contribution is 2.37. The van der Waals surface area contributed by atoms with Crippen molar-refractivity contribution >= 4 is 18.5 Å². The zero-order chi connectivity index (χ0) is 17.7. The molecule has 0 aromatic heterocycles. The van der Waals surface area contributed by atoms with Crippen LogP contribution in [0.5, 0.6) is 5.75 Å². The van der Waals surface area contributed by atoms with E-state index in [-0.39, 0.29) is 11.4 Å². The molecule has 1 amide bonds. The van der Waals surface area contributed by atoms with Gasteiger partial charge in [0, 0.05) is 11.4 Å². The van der Waals surface area contributed by atoms with Gasteiger partial charge in [-0.3, -0.25) is 4.79 Å². The summed E-state index contributed by atoms with van der Waals surface area (Å²) < 4.78 is 31.8. The molecular formula is C17H23BFNO4. The van der Waals surface area contributed by atoms with Gasteiger partial charge in [0.05, 0.1) is 11.2 Å². The van der Waals surface area contributed by atoms with Gasteiger partial charge in [0.15, 0.2) is 6.10 Å². The maximum Gasteiger partial charge on any atom is 0.497 e. The summed E-state index contributed by atoms with van der Waals surface area (Å²) in [4.78, 5) is 11.5. The van der Waals surface area contributed by atoms with Gasteiger partial charge in [0.25, 0.3) is 5.91 Å². The fourth-order valence-electron chi connectivity index (χ4n) is 2.68. The summed E-state index contributed by atoms with van der Waals surface area (Å²) in [5.41, 5.74) is 4.52. The zero-order valence-corrected chi connectivity index (χ0v) is 14.5. The minimum Gasteiger partial charge on any atom is -0.480 e. The van der Waals surface area contributed by atoms with E-state index in [1.54, 1.807) is 0 Å². The summed E-state index contributed by atoms with van der Waals surface area (Å²) in [5, 5.41) is 0. The first-order chi connectivity index (χ1) is 11.1. The van der Waals surface area contributed by atoms with E-state index in [9.17, 15) is 9.18 Å². The summed E-state index contributed by atoms with van der Waals surface area (Å²) in [5.74, 6) is -0.411. The molecule has 24 heavy (non-hydrogen) atoms. The molecule has 5 nitrogen and oxygen atoms in total. The van der Waals surface area contributed by atoms with Crippen LogP contribution in [0, 0.1) is 11.7 Å². The van der Waals surface area contributed by atoms with Gasteiger partial charge in [-0.1, -0.05) is 0 Å². The highest BCUT2D eigenvalue weighted by Gasteiger charge is 2.52. The second kappa shape index (κ2) is 5.74. The summed E-state index contributed by atoms with van der Waals surface area (Å²) >= 11 is 0. The molecule has 1 aliphatic heterocycles. The van der Waals surface area contributed by atoms with Crippen LogP contribution < -0.4 is 15.9 Å². The number of amides is 1. The van der Waals surface area contributed by atoms with E-state index in [0.717, 1.165) is 12.8 Å². The maximum atomic E-state index is 14.3. The molecule has 1 aromatic rings. The number of primary amides is 1. The fraction of sp³-hybridized carbons (Fsp3) is 0.588. The van der Waals surface area contributed by atoms with Gasteiger partial charge in [0.1, 0.15) is 11.6 Å². The van der Waals surface area contributed by atoms with Crippen LogP contribution in [0.15, 0.2) is 18.2 Å². The van der Waals surface area contributed by atoms with E-state index >= 15 is 0 Å². The molecule has 1 aromatic carbocycles. The van der Waals surface area contributed by atoms with Crippen molar-refractivity contribution in [1.29, 1.82) is 0 Å². The molecular weight excluding hydrogens is 312 g/mol. The molecule has 2 fully saturated rings. The number of benzene rings is 1. The Morgan fingerprint density at radius 3 is 2.38 bits per heavy atom. The smallest absolute Gasteiger partial charge is 0.480 e. The minimum absolute atomic E-state index is 0.146. The number of halogens is 1. The second-order valence-corrected chi connectivity index (χ2v) is 7.55. The summed E-state index contributed by atoms with van der Waals surface area (Å²) in [6.07, 6.45) is 1.15. The van der Waals surface area contributed by atoms with Crippen LogP contribution >= 0.6 is 0 Å². The Balaban J connectivity index is 1.83. The van der Waals surface area contributed by atoms with Crippen LogP contribution in [0.25, 0.3) is 0 Å². The molecule has 1 aliphatic carbocycles. The summed E-state index contributed by atoms with van der Waals surface area (Å²) in [6.45, 7) is 7.62. The van der Waals surface area contributed by atoms with Crippen molar-refractivity contribution in [3.63, 3.8) is 0 Å². The lowest BCUT2D eigenvalue weighted by Gasteiger charge is -2.32. The van der Waals surface area contributed by atoms with Crippen LogP contribution in [0.1, 0.15) is 40.5 Å². The van der Waals surface area contributed by atoms with Gasteiger partial charge < -0.3 is 19.8 Å². The first-order valence-corrected chi connectivity index (χ1v) is 8.22. The number of hydrogen-bond donors (Lipinski definition) is 1. The van der Waals surface area contributed by atoms with Crippen LogP contribution in [0.4, 0.5) is 4.39 Å². The number of carbonyl (C=O) groups is 1. The van der Waals surface area contributed by atoms with E-state index in [1.165, 1.54) is 18.2 Å². The Labute approximate surface area is 141 Å². The van der Waals surface area contributed by atoms with Gasteiger partial charge in [-0.05, 0) is 58.7 Å². The lowest BCUT2D eigenvalue weighted by molar-refractivity contribution is -0.125. The van der Waals surface area contributed by atoms with E-state index < -0.39 is 36.1 Å². The first kappa shape index (κ1) is 17.2. The number of nitrogens with two attached hydrogens (primary N) is 1. The molecule has 1 saturated carbocycles. The van der Waals surface area contributed by atoms with Crippen molar-refractivity contribution in [2.24, 2.45) is 11.7 Å². The number of hydrogen-bond acceptors (Lipinski definition) is 4. The van der Waals surface area contributed by atoms with Gasteiger partial charge in [-0.25, -0.2) is 4.39 Å². The second-order valence-electron chi connectivity index (χ2n) is 7.55. The quantitative estimate of drug-likeness (QED) is 0.833. The summed E-state index contributed by atoms with van der Waals surface area (Å²) in [6, 6.07) is 4.30. The minimum atomic E-state index is -0.827. The van der Waals surface area contributed by atoms with Gasteiger partial charge in [-0.2, -0.15) is 0 Å². The van der Waals surface area contributed by atoms with Crippen molar-refractivity contribution in [1.82, 2.24) is 0 Å². The molecule has 0 bridgehead atoms. The van der Waals surface area contributed by atoms with Crippen molar-refractivity contribution in [2.45, 2.75) is 57.8 Å². The highest BCUT2D eigenvalue weighted by atomic mass is 19.1. The number of carbonyl (C=O) groups excluding carboxylic acids is 1. The predicted octanol–water partition coefficient (Wildman–Crippen LogP) is 1.77. The Hall–Kier alpha value is -1.60. The lowest BCUT2D eigenvalue weighted by atomic mass is 9.78. The van der Waals surface area contributed by atoms with Crippen molar-refractivity contribution in [2.75, 3.05) is 0 Å². The van der Waals surface area contributed by atoms with Gasteiger partial charge in [0.2, 0.25) is 0 Å². The SMILES string of the molecule is CC1(C)OB(c2cc(OC(C(N)=O)C3CC3)ccc2F)OC1(C)C. The third-order valence-corrected chi connectivity index (χ3v) is 5.07. The lowest BCUT2D eigenvalue weighted by Crippen LogP contribution is -2.41. The maximum absolute atomic E-state index is 14.3. The van der Waals surface area contributed by atoms with Crippen molar-refractivity contribution in [3.8, 4) is 5.75 Å². The van der Waals surface area contributed by atoms with Crippen molar-refractivity contribution in [3.05, 3.63) is 24.0 Å². The molecule has 1 saturated heterocycles. The largest absolute Gasteiger partial charge is 0.497 e. The third kappa shape index (κ3) is 3.15. The zero-order valence-electron chi connectivity index (χ0n) is 14.5. The average molecular weight is 335 g/mol. The Morgan fingerprint density at radius 2 is 1.88 bits per heavy atom. The van der Waals surface area contributed by atoms with Crippen LogP contribution in [-0.4, -0.2) is 30.3 Å². The molecule has 1 atom stereocenters. The van der Waals surface area contributed by atoms with E-state index in [0.29, 0.717) is 5.75 Å². The molecule has 3 rings (SSSR count). The van der Waals surface area contributed by atoms with Crippen LogP contribution in [0.2, 0.25) is 0 Å². The molecule has 0 spiro atoms. The Bertz CT molecular complexity index is 644. The number of rotatable bonds is 5. The average Bonchev–Trinajstić information content (AvgIpc) is 3.25. The molecule has 130 valence electrons. The molecule has 1 unspecified atom stereocenters. The van der Waals surface area contributed by atoms with E-state index in [1.807, 2.05) is 27.7 Å². The van der Waals surface area contributed by atoms with Crippen LogP contribution in [-0.2, 0) is 14.1 Å². The Kier molecular flexibility index (Phi) is 4.12. The summed E-state index contributed by atoms with van der Waals surface area (Å²) in [7, 11) is -0.827. The topological polar surface area (TPSA) is 70.8 Å². The molecule has 2 aliphatic rings. The van der Waals surface area contributed by atoms with E-state index in [4.69, 9.17) is 19.8 Å². The van der Waals surface area contributed by atoms with Crippen molar-refractivity contribution < 1.29 is 23.2 Å².